The van der Waals surface area contributed by atoms with E-state index in [0.717, 1.165) is 5.75 Å². The predicted molar refractivity (Wildman–Crippen MR) is 88.8 cm³/mol. The Balaban J connectivity index is 2.03. The highest BCUT2D eigenvalue weighted by Gasteiger charge is 2.12. The Morgan fingerprint density at radius 1 is 0.952 bits per heavy atom. The fraction of sp³-hybridized carbons (Fsp3) is 0.368. The normalized spacial score (nSPS) is 13.7. The van der Waals surface area contributed by atoms with Gasteiger partial charge in [0.05, 0.1) is 6.61 Å². The van der Waals surface area contributed by atoms with E-state index in [2.05, 4.69) is 62.5 Å². The van der Waals surface area contributed by atoms with Gasteiger partial charge in [-0.05, 0) is 56.5 Å². The van der Waals surface area contributed by atoms with E-state index in [1.807, 2.05) is 19.1 Å². The Morgan fingerprint density at radius 3 is 2.24 bits per heavy atom. The summed E-state index contributed by atoms with van der Waals surface area (Å²) in [6.07, 6.45) is 0. The van der Waals surface area contributed by atoms with Gasteiger partial charge in [-0.2, -0.15) is 0 Å². The van der Waals surface area contributed by atoms with E-state index in [0.29, 0.717) is 18.7 Å². The topological polar surface area (TPSA) is 21.3 Å². The number of benzene rings is 2. The van der Waals surface area contributed by atoms with Crippen LogP contribution >= 0.6 is 0 Å². The lowest BCUT2D eigenvalue weighted by atomic mass is 10.0. The third-order valence-electron chi connectivity index (χ3n) is 3.85. The highest BCUT2D eigenvalue weighted by molar-refractivity contribution is 5.31. The third kappa shape index (κ3) is 4.08. The molecule has 2 aromatic carbocycles. The van der Waals surface area contributed by atoms with Crippen molar-refractivity contribution in [3.63, 3.8) is 0 Å². The molecule has 0 saturated heterocycles. The summed E-state index contributed by atoms with van der Waals surface area (Å²) in [5.41, 5.74) is 3.96. The summed E-state index contributed by atoms with van der Waals surface area (Å²) in [5.74, 6) is 0.931. The van der Waals surface area contributed by atoms with Crippen molar-refractivity contribution in [1.82, 2.24) is 5.32 Å². The first kappa shape index (κ1) is 15.6. The molecule has 2 atom stereocenters. The molecule has 0 aromatic heterocycles. The Morgan fingerprint density at radius 2 is 1.62 bits per heavy atom. The van der Waals surface area contributed by atoms with Gasteiger partial charge in [0, 0.05) is 12.1 Å². The van der Waals surface area contributed by atoms with Gasteiger partial charge in [-0.25, -0.2) is 0 Å². The molecule has 1 N–H and O–H groups in total. The number of rotatable bonds is 6. The predicted octanol–water partition coefficient (Wildman–Crippen LogP) is 4.81. The van der Waals surface area contributed by atoms with Crippen molar-refractivity contribution in [3.8, 4) is 5.75 Å². The van der Waals surface area contributed by atoms with Crippen molar-refractivity contribution < 1.29 is 4.74 Å². The zero-order valence-electron chi connectivity index (χ0n) is 13.4. The number of nitrogens with one attached hydrogen (secondary N) is 1. The maximum absolute atomic E-state index is 5.49. The summed E-state index contributed by atoms with van der Waals surface area (Å²) in [7, 11) is 0. The Hall–Kier alpha value is -1.80. The number of ether oxygens (including phenoxy) is 1. The van der Waals surface area contributed by atoms with Gasteiger partial charge in [0.25, 0.3) is 0 Å². The molecule has 0 amide bonds. The van der Waals surface area contributed by atoms with E-state index in [1.165, 1.54) is 16.7 Å². The molecule has 0 bridgehead atoms. The van der Waals surface area contributed by atoms with Crippen molar-refractivity contribution in [2.45, 2.75) is 39.8 Å². The van der Waals surface area contributed by atoms with Gasteiger partial charge < -0.3 is 10.1 Å². The van der Waals surface area contributed by atoms with Gasteiger partial charge in [-0.15, -0.1) is 0 Å². The van der Waals surface area contributed by atoms with E-state index in [4.69, 9.17) is 4.74 Å². The minimum absolute atomic E-state index is 0.301. The average molecular weight is 283 g/mol. The third-order valence-corrected chi connectivity index (χ3v) is 3.85. The molecule has 2 rings (SSSR count). The van der Waals surface area contributed by atoms with Crippen LogP contribution in [-0.2, 0) is 0 Å². The Labute approximate surface area is 128 Å². The summed E-state index contributed by atoms with van der Waals surface area (Å²) in [4.78, 5) is 0. The second-order valence-corrected chi connectivity index (χ2v) is 5.47. The van der Waals surface area contributed by atoms with Gasteiger partial charge in [-0.3, -0.25) is 0 Å². The monoisotopic (exact) mass is 283 g/mol. The molecule has 1 unspecified atom stereocenters. The molecule has 0 aliphatic carbocycles. The molecule has 0 fully saturated rings. The van der Waals surface area contributed by atoms with E-state index >= 15 is 0 Å². The maximum atomic E-state index is 5.49. The van der Waals surface area contributed by atoms with Crippen LogP contribution in [0.2, 0.25) is 0 Å². The van der Waals surface area contributed by atoms with Gasteiger partial charge >= 0.3 is 0 Å². The number of hydrogen-bond donors (Lipinski definition) is 1. The largest absolute Gasteiger partial charge is 0.494 e. The van der Waals surface area contributed by atoms with Crippen LogP contribution in [0.1, 0.15) is 49.5 Å². The molecule has 21 heavy (non-hydrogen) atoms. The maximum Gasteiger partial charge on any atom is 0.119 e. The van der Waals surface area contributed by atoms with Crippen molar-refractivity contribution in [2.24, 2.45) is 0 Å². The lowest BCUT2D eigenvalue weighted by Crippen LogP contribution is -2.23. The second-order valence-electron chi connectivity index (χ2n) is 5.47. The van der Waals surface area contributed by atoms with Crippen LogP contribution in [0, 0.1) is 6.92 Å². The number of hydrogen-bond acceptors (Lipinski definition) is 2. The summed E-state index contributed by atoms with van der Waals surface area (Å²) >= 11 is 0. The fourth-order valence-electron chi connectivity index (χ4n) is 2.65. The van der Waals surface area contributed by atoms with Crippen molar-refractivity contribution >= 4 is 0 Å². The second kappa shape index (κ2) is 7.28. The Kier molecular flexibility index (Phi) is 5.40. The van der Waals surface area contributed by atoms with Crippen LogP contribution in [0.3, 0.4) is 0 Å². The van der Waals surface area contributed by atoms with Crippen LogP contribution in [0.4, 0.5) is 0 Å². The van der Waals surface area contributed by atoms with E-state index in [9.17, 15) is 0 Å². The van der Waals surface area contributed by atoms with Crippen LogP contribution in [0.25, 0.3) is 0 Å². The molecule has 112 valence electrons. The molecular weight excluding hydrogens is 258 g/mol. The van der Waals surface area contributed by atoms with Crippen molar-refractivity contribution in [3.05, 3.63) is 65.2 Å². The molecule has 0 spiro atoms. The van der Waals surface area contributed by atoms with Crippen molar-refractivity contribution in [1.29, 1.82) is 0 Å². The van der Waals surface area contributed by atoms with Crippen LogP contribution in [0.15, 0.2) is 48.5 Å². The zero-order chi connectivity index (χ0) is 15.2. The first-order valence-electron chi connectivity index (χ1n) is 7.66. The summed E-state index contributed by atoms with van der Waals surface area (Å²) < 4.78 is 5.49. The van der Waals surface area contributed by atoms with Gasteiger partial charge in [0.2, 0.25) is 0 Å². The molecular formula is C19H25NO. The molecule has 0 aliphatic rings. The molecule has 2 heteroatoms. The summed E-state index contributed by atoms with van der Waals surface area (Å²) in [6.45, 7) is 9.28. The van der Waals surface area contributed by atoms with E-state index < -0.39 is 0 Å². The lowest BCUT2D eigenvalue weighted by Gasteiger charge is -2.22. The van der Waals surface area contributed by atoms with Gasteiger partial charge in [0.1, 0.15) is 5.75 Å². The highest BCUT2D eigenvalue weighted by atomic mass is 16.5. The van der Waals surface area contributed by atoms with Crippen LogP contribution < -0.4 is 10.1 Å². The van der Waals surface area contributed by atoms with Crippen molar-refractivity contribution in [2.75, 3.05) is 6.61 Å². The van der Waals surface area contributed by atoms with E-state index in [-0.39, 0.29) is 0 Å². The fourth-order valence-corrected chi connectivity index (χ4v) is 2.65. The molecule has 0 aliphatic heterocycles. The first-order chi connectivity index (χ1) is 10.1. The minimum Gasteiger partial charge on any atom is -0.494 e. The van der Waals surface area contributed by atoms with Gasteiger partial charge in [-0.1, -0.05) is 36.4 Å². The molecule has 0 radical (unpaired) electrons. The molecule has 2 nitrogen and oxygen atoms in total. The molecule has 2 aromatic rings. The first-order valence-corrected chi connectivity index (χ1v) is 7.66. The van der Waals surface area contributed by atoms with Crippen LogP contribution in [0.5, 0.6) is 5.75 Å². The Bertz CT molecular complexity index is 562. The smallest absolute Gasteiger partial charge is 0.119 e. The number of aryl methyl sites for hydroxylation is 1. The SMILES string of the molecule is CCOc1ccc(C(C)N[C@H](C)c2ccccc2C)cc1. The molecule has 0 heterocycles. The molecule has 0 saturated carbocycles. The van der Waals surface area contributed by atoms with E-state index in [1.54, 1.807) is 0 Å². The summed E-state index contributed by atoms with van der Waals surface area (Å²) in [6, 6.07) is 17.5. The lowest BCUT2D eigenvalue weighted by molar-refractivity contribution is 0.340. The standard InChI is InChI=1S/C19H25NO/c1-5-21-18-12-10-17(11-13-18)15(3)20-16(4)19-9-7-6-8-14(19)2/h6-13,15-16,20H,5H2,1-4H3/t15?,16-/m1/s1. The average Bonchev–Trinajstić information content (AvgIpc) is 2.48. The highest BCUT2D eigenvalue weighted by Crippen LogP contribution is 2.23. The quantitative estimate of drug-likeness (QED) is 0.821. The summed E-state index contributed by atoms with van der Waals surface area (Å²) in [5, 5.41) is 3.66. The van der Waals surface area contributed by atoms with Crippen LogP contribution in [-0.4, -0.2) is 6.61 Å². The van der Waals surface area contributed by atoms with Gasteiger partial charge in [0.15, 0.2) is 0 Å². The minimum atomic E-state index is 0.301. The zero-order valence-corrected chi connectivity index (χ0v) is 13.4.